The zero-order chi connectivity index (χ0) is 16.8. The average Bonchev–Trinajstić information content (AvgIpc) is 3.01. The molecule has 0 spiro atoms. The average molecular weight is 327 g/mol. The Kier molecular flexibility index (Phi) is 5.25. The van der Waals surface area contributed by atoms with Crippen molar-refractivity contribution in [3.63, 3.8) is 0 Å². The first-order chi connectivity index (χ1) is 11.7. The summed E-state index contributed by atoms with van der Waals surface area (Å²) in [5.74, 6) is -0.616. The van der Waals surface area contributed by atoms with E-state index in [1.165, 1.54) is 19.2 Å². The van der Waals surface area contributed by atoms with Crippen LogP contribution in [0.1, 0.15) is 38.5 Å². The quantitative estimate of drug-likeness (QED) is 0.670. The molecule has 1 aliphatic carbocycles. The number of hydrogen-bond donors (Lipinski definition) is 2. The Hall–Kier alpha value is -2.63. The topological polar surface area (TPSA) is 84.2 Å². The second-order valence-corrected chi connectivity index (χ2v) is 6.06. The lowest BCUT2D eigenvalue weighted by atomic mass is 10.1. The second kappa shape index (κ2) is 7.77. The molecule has 0 saturated heterocycles. The molecule has 0 radical (unpaired) electrons. The molecule has 0 aliphatic heterocycles. The van der Waals surface area contributed by atoms with Gasteiger partial charge in [-0.15, -0.1) is 0 Å². The number of rotatable bonds is 3. The van der Waals surface area contributed by atoms with Gasteiger partial charge in [-0.2, -0.15) is 0 Å². The van der Waals surface area contributed by atoms with Crippen LogP contribution in [0.3, 0.4) is 0 Å². The van der Waals surface area contributed by atoms with Crippen molar-refractivity contribution in [3.8, 4) is 11.3 Å². The highest BCUT2D eigenvalue weighted by Gasteiger charge is 2.20. The predicted octanol–water partition coefficient (Wildman–Crippen LogP) is 3.12. The maximum atomic E-state index is 12.1. The van der Waals surface area contributed by atoms with Crippen molar-refractivity contribution < 1.29 is 14.0 Å². The molecular formula is C18H21N3O3. The summed E-state index contributed by atoms with van der Waals surface area (Å²) in [7, 11) is 0. The lowest BCUT2D eigenvalue weighted by Crippen LogP contribution is -2.41. The lowest BCUT2D eigenvalue weighted by molar-refractivity contribution is -0.136. The predicted molar refractivity (Wildman–Crippen MR) is 90.2 cm³/mol. The van der Waals surface area contributed by atoms with E-state index in [0.29, 0.717) is 11.4 Å². The SMILES string of the molecule is O=C(Nc1cccc(-c2cnco2)c1)C(=O)NC1CCCCCC1. The van der Waals surface area contributed by atoms with Crippen LogP contribution in [0.25, 0.3) is 11.3 Å². The molecule has 0 atom stereocenters. The molecule has 24 heavy (non-hydrogen) atoms. The van der Waals surface area contributed by atoms with Crippen molar-refractivity contribution in [2.24, 2.45) is 0 Å². The minimum atomic E-state index is -0.644. The molecule has 0 unspecified atom stereocenters. The van der Waals surface area contributed by atoms with E-state index in [9.17, 15) is 9.59 Å². The molecule has 1 heterocycles. The van der Waals surface area contributed by atoms with Gasteiger partial charge in [0.15, 0.2) is 12.2 Å². The summed E-state index contributed by atoms with van der Waals surface area (Å²) in [5.41, 5.74) is 1.33. The van der Waals surface area contributed by atoms with Crippen molar-refractivity contribution in [2.45, 2.75) is 44.6 Å². The molecule has 1 aromatic heterocycles. The van der Waals surface area contributed by atoms with E-state index in [2.05, 4.69) is 15.6 Å². The largest absolute Gasteiger partial charge is 0.444 e. The summed E-state index contributed by atoms with van der Waals surface area (Å²) in [6.45, 7) is 0. The molecule has 126 valence electrons. The number of carbonyl (C=O) groups is 2. The standard InChI is InChI=1S/C18H21N3O3/c22-17(20-14-7-3-1-2-4-8-14)18(23)21-15-9-5-6-13(10-15)16-11-19-12-24-16/h5-6,9-12,14H,1-4,7-8H2,(H,20,22)(H,21,23). The van der Waals surface area contributed by atoms with E-state index in [1.807, 2.05) is 6.07 Å². The molecule has 6 heteroatoms. The van der Waals surface area contributed by atoms with Crippen LogP contribution in [-0.4, -0.2) is 22.8 Å². The fraction of sp³-hybridized carbons (Fsp3) is 0.389. The first-order valence-electron chi connectivity index (χ1n) is 8.33. The molecule has 2 amide bonds. The summed E-state index contributed by atoms with van der Waals surface area (Å²) in [6.07, 6.45) is 9.44. The van der Waals surface area contributed by atoms with Gasteiger partial charge in [-0.05, 0) is 25.0 Å². The molecule has 1 aromatic carbocycles. The van der Waals surface area contributed by atoms with E-state index in [1.54, 1.807) is 24.4 Å². The molecule has 1 aliphatic rings. The van der Waals surface area contributed by atoms with Crippen LogP contribution in [0, 0.1) is 0 Å². The summed E-state index contributed by atoms with van der Waals surface area (Å²) in [6, 6.07) is 7.22. The molecule has 1 fully saturated rings. The third kappa shape index (κ3) is 4.22. The van der Waals surface area contributed by atoms with Crippen molar-refractivity contribution in [3.05, 3.63) is 36.9 Å². The van der Waals surface area contributed by atoms with Crippen LogP contribution in [-0.2, 0) is 9.59 Å². The molecular weight excluding hydrogens is 306 g/mol. The minimum absolute atomic E-state index is 0.103. The van der Waals surface area contributed by atoms with Crippen molar-refractivity contribution >= 4 is 17.5 Å². The van der Waals surface area contributed by atoms with Gasteiger partial charge in [0, 0.05) is 17.3 Å². The number of nitrogens with zero attached hydrogens (tertiary/aromatic N) is 1. The van der Waals surface area contributed by atoms with Crippen LogP contribution < -0.4 is 10.6 Å². The maximum absolute atomic E-state index is 12.1. The number of aromatic nitrogens is 1. The summed E-state index contributed by atoms with van der Waals surface area (Å²) in [5, 5.41) is 5.48. The van der Waals surface area contributed by atoms with E-state index in [4.69, 9.17) is 4.42 Å². The fourth-order valence-electron chi connectivity index (χ4n) is 2.97. The van der Waals surface area contributed by atoms with Crippen molar-refractivity contribution in [1.29, 1.82) is 0 Å². The van der Waals surface area contributed by atoms with Crippen LogP contribution >= 0.6 is 0 Å². The number of benzene rings is 1. The molecule has 0 bridgehead atoms. The van der Waals surface area contributed by atoms with Gasteiger partial charge >= 0.3 is 11.8 Å². The van der Waals surface area contributed by atoms with Crippen molar-refractivity contribution in [1.82, 2.24) is 10.3 Å². The number of anilines is 1. The smallest absolute Gasteiger partial charge is 0.313 e. The number of hydrogen-bond acceptors (Lipinski definition) is 4. The van der Waals surface area contributed by atoms with Crippen LogP contribution in [0.15, 0.2) is 41.3 Å². The Morgan fingerprint density at radius 1 is 1.08 bits per heavy atom. The van der Waals surface area contributed by atoms with E-state index in [0.717, 1.165) is 31.2 Å². The van der Waals surface area contributed by atoms with Gasteiger partial charge in [0.25, 0.3) is 0 Å². The Morgan fingerprint density at radius 2 is 1.88 bits per heavy atom. The normalized spacial score (nSPS) is 15.5. The van der Waals surface area contributed by atoms with Crippen LogP contribution in [0.2, 0.25) is 0 Å². The molecule has 6 nitrogen and oxygen atoms in total. The van der Waals surface area contributed by atoms with Crippen LogP contribution in [0.4, 0.5) is 5.69 Å². The number of oxazole rings is 1. The van der Waals surface area contributed by atoms with Gasteiger partial charge in [-0.25, -0.2) is 4.98 Å². The highest BCUT2D eigenvalue weighted by molar-refractivity contribution is 6.39. The Labute approximate surface area is 140 Å². The van der Waals surface area contributed by atoms with Crippen LogP contribution in [0.5, 0.6) is 0 Å². The Bertz CT molecular complexity index is 689. The second-order valence-electron chi connectivity index (χ2n) is 6.06. The molecule has 2 N–H and O–H groups in total. The van der Waals surface area contributed by atoms with Gasteiger partial charge in [0.1, 0.15) is 0 Å². The highest BCUT2D eigenvalue weighted by atomic mass is 16.3. The van der Waals surface area contributed by atoms with E-state index >= 15 is 0 Å². The first-order valence-corrected chi connectivity index (χ1v) is 8.33. The van der Waals surface area contributed by atoms with Gasteiger partial charge in [0.2, 0.25) is 0 Å². The van der Waals surface area contributed by atoms with Gasteiger partial charge in [-0.1, -0.05) is 37.8 Å². The molecule has 1 saturated carbocycles. The van der Waals surface area contributed by atoms with Gasteiger partial charge in [0.05, 0.1) is 6.20 Å². The molecule has 2 aromatic rings. The monoisotopic (exact) mass is 327 g/mol. The van der Waals surface area contributed by atoms with Gasteiger partial charge < -0.3 is 15.1 Å². The van der Waals surface area contributed by atoms with Gasteiger partial charge in [-0.3, -0.25) is 9.59 Å². The maximum Gasteiger partial charge on any atom is 0.313 e. The first kappa shape index (κ1) is 16.2. The fourth-order valence-corrected chi connectivity index (χ4v) is 2.97. The Morgan fingerprint density at radius 3 is 2.58 bits per heavy atom. The van der Waals surface area contributed by atoms with Crippen molar-refractivity contribution in [2.75, 3.05) is 5.32 Å². The third-order valence-electron chi connectivity index (χ3n) is 4.23. The Balaban J connectivity index is 1.59. The van der Waals surface area contributed by atoms with E-state index in [-0.39, 0.29) is 6.04 Å². The zero-order valence-corrected chi connectivity index (χ0v) is 13.5. The number of carbonyl (C=O) groups excluding carboxylic acids is 2. The summed E-state index contributed by atoms with van der Waals surface area (Å²) >= 11 is 0. The highest BCUT2D eigenvalue weighted by Crippen LogP contribution is 2.22. The number of amides is 2. The third-order valence-corrected chi connectivity index (χ3v) is 4.23. The minimum Gasteiger partial charge on any atom is -0.444 e. The lowest BCUT2D eigenvalue weighted by Gasteiger charge is -2.15. The summed E-state index contributed by atoms with van der Waals surface area (Å²) in [4.78, 5) is 28.1. The van der Waals surface area contributed by atoms with E-state index < -0.39 is 11.8 Å². The number of nitrogens with one attached hydrogen (secondary N) is 2. The zero-order valence-electron chi connectivity index (χ0n) is 13.5. The molecule has 3 rings (SSSR count). The summed E-state index contributed by atoms with van der Waals surface area (Å²) < 4.78 is 5.24.